The van der Waals surface area contributed by atoms with Gasteiger partial charge in [-0.2, -0.15) is 0 Å². The van der Waals surface area contributed by atoms with E-state index in [1.165, 1.54) is 6.07 Å². The Morgan fingerprint density at radius 2 is 2.40 bits per heavy atom. The SMILES string of the molecule is C[C@H](NC(=O)NCc1ccc(F)c(Cn2ccnc2)c1)[C@H]1CCCO1. The Hall–Kier alpha value is -2.41. The first-order valence-electron chi connectivity index (χ1n) is 8.51. The fourth-order valence-corrected chi connectivity index (χ4v) is 2.97. The number of amides is 2. The Morgan fingerprint density at radius 1 is 1.52 bits per heavy atom. The average Bonchev–Trinajstić information content (AvgIpc) is 3.29. The van der Waals surface area contributed by atoms with Crippen LogP contribution in [0.2, 0.25) is 0 Å². The molecule has 0 unspecified atom stereocenters. The van der Waals surface area contributed by atoms with Gasteiger partial charge in [0.2, 0.25) is 0 Å². The normalized spacial score (nSPS) is 18.1. The first-order chi connectivity index (χ1) is 12.1. The van der Waals surface area contributed by atoms with Crippen molar-refractivity contribution in [2.24, 2.45) is 0 Å². The molecule has 0 radical (unpaired) electrons. The second-order valence-electron chi connectivity index (χ2n) is 6.33. The molecule has 2 N–H and O–H groups in total. The molecule has 1 saturated heterocycles. The lowest BCUT2D eigenvalue weighted by Gasteiger charge is -2.20. The topological polar surface area (TPSA) is 68.2 Å². The van der Waals surface area contributed by atoms with E-state index in [2.05, 4.69) is 15.6 Å². The van der Waals surface area contributed by atoms with Gasteiger partial charge in [-0.15, -0.1) is 0 Å². The van der Waals surface area contributed by atoms with E-state index in [9.17, 15) is 9.18 Å². The van der Waals surface area contributed by atoms with Crippen LogP contribution in [0.15, 0.2) is 36.9 Å². The van der Waals surface area contributed by atoms with E-state index in [0.717, 1.165) is 25.0 Å². The predicted octanol–water partition coefficient (Wildman–Crippen LogP) is 2.44. The van der Waals surface area contributed by atoms with E-state index in [1.807, 2.05) is 6.92 Å². The van der Waals surface area contributed by atoms with Gasteiger partial charge in [0.05, 0.1) is 25.0 Å². The maximum atomic E-state index is 14.0. The molecule has 2 aromatic rings. The Kier molecular flexibility index (Phi) is 5.65. The van der Waals surface area contributed by atoms with Crippen LogP contribution in [0.4, 0.5) is 9.18 Å². The molecule has 1 aliphatic heterocycles. The first kappa shape index (κ1) is 17.4. The fraction of sp³-hybridized carbons (Fsp3) is 0.444. The van der Waals surface area contributed by atoms with Crippen molar-refractivity contribution in [2.45, 2.75) is 45.0 Å². The summed E-state index contributed by atoms with van der Waals surface area (Å²) in [5, 5.41) is 5.70. The number of rotatable bonds is 6. The van der Waals surface area contributed by atoms with Crippen LogP contribution in [-0.2, 0) is 17.8 Å². The molecule has 2 amide bonds. The Bertz CT molecular complexity index is 699. The van der Waals surface area contributed by atoms with Crippen molar-refractivity contribution in [3.8, 4) is 0 Å². The number of nitrogens with one attached hydrogen (secondary N) is 2. The zero-order valence-electron chi connectivity index (χ0n) is 14.2. The van der Waals surface area contributed by atoms with Crippen LogP contribution in [-0.4, -0.2) is 34.3 Å². The summed E-state index contributed by atoms with van der Waals surface area (Å²) in [4.78, 5) is 16.0. The summed E-state index contributed by atoms with van der Waals surface area (Å²) in [5.74, 6) is -0.270. The predicted molar refractivity (Wildman–Crippen MR) is 91.5 cm³/mol. The molecule has 0 saturated carbocycles. The molecule has 2 heterocycles. The molecule has 0 aliphatic carbocycles. The first-order valence-corrected chi connectivity index (χ1v) is 8.51. The van der Waals surface area contributed by atoms with Crippen molar-refractivity contribution in [1.29, 1.82) is 0 Å². The van der Waals surface area contributed by atoms with Gasteiger partial charge in [0, 0.05) is 31.1 Å². The molecular formula is C18H23FN4O2. The molecule has 6 nitrogen and oxygen atoms in total. The average molecular weight is 346 g/mol. The molecular weight excluding hydrogens is 323 g/mol. The van der Waals surface area contributed by atoms with E-state index in [1.54, 1.807) is 35.4 Å². The van der Waals surface area contributed by atoms with Crippen LogP contribution >= 0.6 is 0 Å². The zero-order chi connectivity index (χ0) is 17.6. The van der Waals surface area contributed by atoms with E-state index in [-0.39, 0.29) is 24.0 Å². The molecule has 3 rings (SSSR count). The lowest BCUT2D eigenvalue weighted by molar-refractivity contribution is 0.0860. The smallest absolute Gasteiger partial charge is 0.315 e. The zero-order valence-corrected chi connectivity index (χ0v) is 14.2. The van der Waals surface area contributed by atoms with Crippen molar-refractivity contribution in [3.63, 3.8) is 0 Å². The van der Waals surface area contributed by atoms with Crippen LogP contribution in [0.1, 0.15) is 30.9 Å². The summed E-state index contributed by atoms with van der Waals surface area (Å²) in [6.45, 7) is 3.44. The van der Waals surface area contributed by atoms with Crippen LogP contribution in [0.5, 0.6) is 0 Å². The number of urea groups is 1. The summed E-state index contributed by atoms with van der Waals surface area (Å²) in [7, 11) is 0. The van der Waals surface area contributed by atoms with Crippen LogP contribution in [0.25, 0.3) is 0 Å². The van der Waals surface area contributed by atoms with E-state index in [0.29, 0.717) is 18.7 Å². The van der Waals surface area contributed by atoms with E-state index >= 15 is 0 Å². The molecule has 1 fully saturated rings. The van der Waals surface area contributed by atoms with Gasteiger partial charge in [0.25, 0.3) is 0 Å². The quantitative estimate of drug-likeness (QED) is 0.844. The molecule has 1 aromatic heterocycles. The lowest BCUT2D eigenvalue weighted by Crippen LogP contribution is -2.45. The third-order valence-electron chi connectivity index (χ3n) is 4.36. The fourth-order valence-electron chi connectivity index (χ4n) is 2.97. The van der Waals surface area contributed by atoms with Gasteiger partial charge in [-0.05, 0) is 37.5 Å². The number of carbonyl (C=O) groups is 1. The highest BCUT2D eigenvalue weighted by Gasteiger charge is 2.23. The number of hydrogen-bond donors (Lipinski definition) is 2. The number of ether oxygens (including phenoxy) is 1. The molecule has 134 valence electrons. The van der Waals surface area contributed by atoms with Crippen molar-refractivity contribution in [2.75, 3.05) is 6.61 Å². The van der Waals surface area contributed by atoms with Gasteiger partial charge < -0.3 is 19.9 Å². The van der Waals surface area contributed by atoms with Gasteiger partial charge in [-0.1, -0.05) is 6.07 Å². The highest BCUT2D eigenvalue weighted by molar-refractivity contribution is 5.74. The summed E-state index contributed by atoms with van der Waals surface area (Å²) in [5.41, 5.74) is 1.40. The van der Waals surface area contributed by atoms with Crippen molar-refractivity contribution in [1.82, 2.24) is 20.2 Å². The number of carbonyl (C=O) groups excluding carboxylic acids is 1. The Labute approximate surface area is 146 Å². The van der Waals surface area contributed by atoms with Gasteiger partial charge in [0.15, 0.2) is 0 Å². The third-order valence-corrected chi connectivity index (χ3v) is 4.36. The molecule has 1 aliphatic rings. The number of aromatic nitrogens is 2. The minimum atomic E-state index is -0.270. The minimum Gasteiger partial charge on any atom is -0.376 e. The van der Waals surface area contributed by atoms with Gasteiger partial charge in [-0.25, -0.2) is 14.2 Å². The van der Waals surface area contributed by atoms with Crippen LogP contribution < -0.4 is 10.6 Å². The second-order valence-corrected chi connectivity index (χ2v) is 6.33. The number of imidazole rings is 1. The summed E-state index contributed by atoms with van der Waals surface area (Å²) in [6, 6.07) is 4.59. The molecule has 0 spiro atoms. The van der Waals surface area contributed by atoms with Crippen molar-refractivity contribution < 1.29 is 13.9 Å². The summed E-state index contributed by atoms with van der Waals surface area (Å²) < 4.78 is 21.3. The van der Waals surface area contributed by atoms with Gasteiger partial charge in [0.1, 0.15) is 5.82 Å². The minimum absolute atomic E-state index is 0.0347. The largest absolute Gasteiger partial charge is 0.376 e. The molecule has 25 heavy (non-hydrogen) atoms. The highest BCUT2D eigenvalue weighted by Crippen LogP contribution is 2.15. The molecule has 0 bridgehead atoms. The number of benzene rings is 1. The van der Waals surface area contributed by atoms with Crippen molar-refractivity contribution in [3.05, 3.63) is 53.9 Å². The Morgan fingerprint density at radius 3 is 3.12 bits per heavy atom. The molecule has 7 heteroatoms. The van der Waals surface area contributed by atoms with E-state index in [4.69, 9.17) is 4.74 Å². The number of nitrogens with zero attached hydrogens (tertiary/aromatic N) is 2. The van der Waals surface area contributed by atoms with Crippen LogP contribution in [0.3, 0.4) is 0 Å². The molecule has 2 atom stereocenters. The van der Waals surface area contributed by atoms with E-state index < -0.39 is 0 Å². The van der Waals surface area contributed by atoms with Gasteiger partial charge >= 0.3 is 6.03 Å². The highest BCUT2D eigenvalue weighted by atomic mass is 19.1. The third kappa shape index (κ3) is 4.79. The summed E-state index contributed by atoms with van der Waals surface area (Å²) in [6.07, 6.45) is 7.17. The molecule has 1 aromatic carbocycles. The maximum absolute atomic E-state index is 14.0. The standard InChI is InChI=1S/C18H23FN4O2/c1-13(17-3-2-8-25-17)22-18(24)21-10-14-4-5-16(19)15(9-14)11-23-7-6-20-12-23/h4-7,9,12-13,17H,2-3,8,10-11H2,1H3,(H2,21,22,24)/t13-,17+/m0/s1. The monoisotopic (exact) mass is 346 g/mol. The lowest BCUT2D eigenvalue weighted by atomic mass is 10.1. The Balaban J connectivity index is 1.53. The van der Waals surface area contributed by atoms with Gasteiger partial charge in [-0.3, -0.25) is 0 Å². The van der Waals surface area contributed by atoms with Crippen molar-refractivity contribution >= 4 is 6.03 Å². The summed E-state index contributed by atoms with van der Waals surface area (Å²) >= 11 is 0. The maximum Gasteiger partial charge on any atom is 0.315 e. The number of hydrogen-bond acceptors (Lipinski definition) is 3. The van der Waals surface area contributed by atoms with Crippen LogP contribution in [0, 0.1) is 5.82 Å². The second kappa shape index (κ2) is 8.11. The number of halogens is 1.